The summed E-state index contributed by atoms with van der Waals surface area (Å²) in [7, 11) is 0. The van der Waals surface area contributed by atoms with Gasteiger partial charge in [-0.2, -0.15) is 0 Å². The Morgan fingerprint density at radius 1 is 0.327 bits per heavy atom. The average Bonchev–Trinajstić information content (AvgIpc) is 3.50. The Morgan fingerprint density at radius 2 is 0.873 bits per heavy atom. The molecular formula is C53H38N2. The van der Waals surface area contributed by atoms with Crippen molar-refractivity contribution >= 4 is 10.8 Å². The standard InChI is InChI=1S/C53H38N2/c1-53(2)48-26-12-11-23-45(48)47-25-14-24-42(51(47)53)36-29-27-35(28-30-36)39-19-13-20-40(33-39)41-31-32-46(44-22-10-9-21-43(41)44)50-34-49(37-15-5-3-6-16-37)54-52(55-50)38-17-7-4-8-18-38/h3-34H,1-2H3. The SMILES string of the molecule is CC1(C)c2ccccc2-c2cccc(-c3ccc(-c4cccc(-c5ccc(-c6cc(-c7ccccc7)nc(-c7ccccc7)n6)c6ccccc56)c4)cc3)c21. The van der Waals surface area contributed by atoms with Crippen LogP contribution in [0.25, 0.3) is 89.2 Å². The first-order valence-corrected chi connectivity index (χ1v) is 19.0. The van der Waals surface area contributed by atoms with Gasteiger partial charge in [0.25, 0.3) is 0 Å². The first kappa shape index (κ1) is 32.7. The monoisotopic (exact) mass is 702 g/mol. The topological polar surface area (TPSA) is 25.8 Å². The van der Waals surface area contributed by atoms with E-state index < -0.39 is 0 Å². The van der Waals surface area contributed by atoms with Crippen LogP contribution in [0.4, 0.5) is 0 Å². The molecule has 0 unspecified atom stereocenters. The molecule has 1 heterocycles. The maximum Gasteiger partial charge on any atom is 0.160 e. The Kier molecular flexibility index (Phi) is 7.85. The van der Waals surface area contributed by atoms with Crippen LogP contribution in [-0.4, -0.2) is 9.97 Å². The number of nitrogens with zero attached hydrogens (tertiary/aromatic N) is 2. The molecule has 8 aromatic carbocycles. The lowest BCUT2D eigenvalue weighted by Crippen LogP contribution is -2.16. The molecule has 2 heteroatoms. The third-order valence-corrected chi connectivity index (χ3v) is 11.3. The fourth-order valence-corrected chi connectivity index (χ4v) is 8.63. The lowest BCUT2D eigenvalue weighted by molar-refractivity contribution is 0.662. The Labute approximate surface area is 322 Å². The molecule has 0 amide bonds. The average molecular weight is 703 g/mol. The number of aromatic nitrogens is 2. The van der Waals surface area contributed by atoms with Crippen LogP contribution < -0.4 is 0 Å². The van der Waals surface area contributed by atoms with Gasteiger partial charge < -0.3 is 0 Å². The van der Waals surface area contributed by atoms with Gasteiger partial charge in [-0.1, -0.05) is 196 Å². The van der Waals surface area contributed by atoms with E-state index in [9.17, 15) is 0 Å². The summed E-state index contributed by atoms with van der Waals surface area (Å²) in [5.41, 5.74) is 17.7. The van der Waals surface area contributed by atoms with Crippen molar-refractivity contribution in [2.45, 2.75) is 19.3 Å². The molecule has 260 valence electrons. The Hall–Kier alpha value is -6.90. The van der Waals surface area contributed by atoms with Crippen LogP contribution in [0.15, 0.2) is 194 Å². The molecule has 1 aliphatic carbocycles. The van der Waals surface area contributed by atoms with Crippen molar-refractivity contribution < 1.29 is 0 Å². The highest BCUT2D eigenvalue weighted by atomic mass is 14.9. The van der Waals surface area contributed by atoms with Crippen LogP contribution >= 0.6 is 0 Å². The number of benzene rings is 8. The van der Waals surface area contributed by atoms with E-state index in [0.29, 0.717) is 5.82 Å². The fraction of sp³-hybridized carbons (Fsp3) is 0.0566. The molecule has 55 heavy (non-hydrogen) atoms. The third-order valence-electron chi connectivity index (χ3n) is 11.3. The van der Waals surface area contributed by atoms with Gasteiger partial charge in [-0.05, 0) is 78.5 Å². The van der Waals surface area contributed by atoms with Crippen LogP contribution in [0.5, 0.6) is 0 Å². The minimum absolute atomic E-state index is 0.0598. The van der Waals surface area contributed by atoms with Crippen molar-refractivity contribution in [3.8, 4) is 78.4 Å². The summed E-state index contributed by atoms with van der Waals surface area (Å²) in [4.78, 5) is 10.2. The van der Waals surface area contributed by atoms with E-state index in [1.807, 2.05) is 24.3 Å². The highest BCUT2D eigenvalue weighted by Gasteiger charge is 2.37. The van der Waals surface area contributed by atoms with Gasteiger partial charge in [-0.3, -0.25) is 0 Å². The largest absolute Gasteiger partial charge is 0.228 e. The first-order chi connectivity index (χ1) is 27.0. The molecule has 0 saturated heterocycles. The smallest absolute Gasteiger partial charge is 0.160 e. The van der Waals surface area contributed by atoms with Crippen molar-refractivity contribution in [3.63, 3.8) is 0 Å². The second-order valence-corrected chi connectivity index (χ2v) is 15.0. The van der Waals surface area contributed by atoms with Gasteiger partial charge >= 0.3 is 0 Å². The van der Waals surface area contributed by atoms with Crippen LogP contribution in [0.3, 0.4) is 0 Å². The minimum atomic E-state index is -0.0598. The van der Waals surface area contributed by atoms with Gasteiger partial charge in [-0.15, -0.1) is 0 Å². The second kappa shape index (κ2) is 13.2. The maximum absolute atomic E-state index is 5.16. The van der Waals surface area contributed by atoms with Gasteiger partial charge in [0.05, 0.1) is 11.4 Å². The predicted octanol–water partition coefficient (Wildman–Crippen LogP) is 13.9. The van der Waals surface area contributed by atoms with Crippen molar-refractivity contribution in [1.82, 2.24) is 9.97 Å². The Bertz CT molecular complexity index is 2810. The number of hydrogen-bond donors (Lipinski definition) is 0. The summed E-state index contributed by atoms with van der Waals surface area (Å²) in [6.07, 6.45) is 0. The molecule has 0 saturated carbocycles. The predicted molar refractivity (Wildman–Crippen MR) is 230 cm³/mol. The fourth-order valence-electron chi connectivity index (χ4n) is 8.63. The van der Waals surface area contributed by atoms with Crippen molar-refractivity contribution in [1.29, 1.82) is 0 Å². The lowest BCUT2D eigenvalue weighted by atomic mass is 9.79. The molecule has 1 aliphatic rings. The van der Waals surface area contributed by atoms with Gasteiger partial charge in [0.2, 0.25) is 0 Å². The van der Waals surface area contributed by atoms with E-state index in [-0.39, 0.29) is 5.41 Å². The maximum atomic E-state index is 5.16. The molecule has 0 atom stereocenters. The Balaban J connectivity index is 1.02. The molecule has 0 fully saturated rings. The summed E-state index contributed by atoms with van der Waals surface area (Å²) in [6.45, 7) is 4.71. The molecule has 0 radical (unpaired) electrons. The molecule has 0 bridgehead atoms. The summed E-state index contributed by atoms with van der Waals surface area (Å²) in [5.74, 6) is 0.717. The van der Waals surface area contributed by atoms with Gasteiger partial charge in [0.1, 0.15) is 0 Å². The molecule has 2 nitrogen and oxygen atoms in total. The van der Waals surface area contributed by atoms with Crippen LogP contribution in [0.2, 0.25) is 0 Å². The Morgan fingerprint density at radius 3 is 1.65 bits per heavy atom. The summed E-state index contributed by atoms with van der Waals surface area (Å²) in [6, 6.07) is 69.6. The van der Waals surface area contributed by atoms with Crippen LogP contribution in [0, 0.1) is 0 Å². The highest BCUT2D eigenvalue weighted by molar-refractivity contribution is 6.05. The zero-order valence-corrected chi connectivity index (χ0v) is 30.9. The molecule has 9 aromatic rings. The van der Waals surface area contributed by atoms with E-state index in [1.54, 1.807) is 0 Å². The molecular weight excluding hydrogens is 665 g/mol. The summed E-state index contributed by atoms with van der Waals surface area (Å²) >= 11 is 0. The van der Waals surface area contributed by atoms with Crippen LogP contribution in [-0.2, 0) is 5.41 Å². The molecule has 1 aromatic heterocycles. The van der Waals surface area contributed by atoms with E-state index in [0.717, 1.165) is 33.5 Å². The van der Waals surface area contributed by atoms with Gasteiger partial charge in [-0.25, -0.2) is 9.97 Å². The quantitative estimate of drug-likeness (QED) is 0.172. The minimum Gasteiger partial charge on any atom is -0.228 e. The van der Waals surface area contributed by atoms with Gasteiger partial charge in [0, 0.05) is 22.1 Å². The summed E-state index contributed by atoms with van der Waals surface area (Å²) in [5, 5.41) is 2.35. The zero-order valence-electron chi connectivity index (χ0n) is 30.9. The molecule has 0 aliphatic heterocycles. The van der Waals surface area contributed by atoms with Crippen molar-refractivity contribution in [3.05, 3.63) is 205 Å². The van der Waals surface area contributed by atoms with E-state index in [4.69, 9.17) is 9.97 Å². The summed E-state index contributed by atoms with van der Waals surface area (Å²) < 4.78 is 0. The number of fused-ring (bicyclic) bond motifs is 4. The third kappa shape index (κ3) is 5.66. The molecule has 0 spiro atoms. The normalized spacial score (nSPS) is 12.7. The van der Waals surface area contributed by atoms with E-state index >= 15 is 0 Å². The van der Waals surface area contributed by atoms with E-state index in [2.05, 4.69) is 184 Å². The number of hydrogen-bond acceptors (Lipinski definition) is 2. The lowest BCUT2D eigenvalue weighted by Gasteiger charge is -2.24. The second-order valence-electron chi connectivity index (χ2n) is 15.0. The van der Waals surface area contributed by atoms with Crippen LogP contribution in [0.1, 0.15) is 25.0 Å². The molecule has 0 N–H and O–H groups in total. The van der Waals surface area contributed by atoms with Crippen molar-refractivity contribution in [2.24, 2.45) is 0 Å². The van der Waals surface area contributed by atoms with Crippen molar-refractivity contribution in [2.75, 3.05) is 0 Å². The number of rotatable bonds is 6. The molecule has 10 rings (SSSR count). The van der Waals surface area contributed by atoms with E-state index in [1.165, 1.54) is 61.0 Å². The zero-order chi connectivity index (χ0) is 36.9. The van der Waals surface area contributed by atoms with Gasteiger partial charge in [0.15, 0.2) is 5.82 Å². The highest BCUT2D eigenvalue weighted by Crippen LogP contribution is 2.52. The first-order valence-electron chi connectivity index (χ1n) is 19.0.